The molecule has 2 aliphatic rings. The minimum Gasteiger partial charge on any atom is -0.366 e. The molecule has 0 spiro atoms. The zero-order valence-electron chi connectivity index (χ0n) is 17.3. The molecule has 2 aromatic heterocycles. The maximum atomic E-state index is 11.1. The topological polar surface area (TPSA) is 138 Å². The van der Waals surface area contributed by atoms with Crippen molar-refractivity contribution >= 4 is 18.6 Å². The van der Waals surface area contributed by atoms with Crippen LogP contribution in [0.1, 0.15) is 39.3 Å². The second-order valence-corrected chi connectivity index (χ2v) is 10.0. The van der Waals surface area contributed by atoms with Gasteiger partial charge in [-0.25, -0.2) is 14.6 Å². The van der Waals surface area contributed by atoms with Crippen LogP contribution in [0.2, 0.25) is 0 Å². The van der Waals surface area contributed by atoms with Crippen molar-refractivity contribution in [3.63, 3.8) is 0 Å². The van der Waals surface area contributed by atoms with E-state index in [1.807, 2.05) is 13.8 Å². The Morgan fingerprint density at radius 2 is 1.93 bits per heavy atom. The molecule has 0 bridgehead atoms. The lowest BCUT2D eigenvalue weighted by Crippen LogP contribution is -2.33. The van der Waals surface area contributed by atoms with E-state index in [1.165, 1.54) is 6.33 Å². The molecular weight excluding hydrogens is 415 g/mol. The zero-order chi connectivity index (χ0) is 21.7. The van der Waals surface area contributed by atoms with Crippen LogP contribution >= 0.6 is 7.60 Å². The Morgan fingerprint density at radius 1 is 1.23 bits per heavy atom. The number of rotatable bonds is 7. The largest absolute Gasteiger partial charge is 0.366 e. The van der Waals surface area contributed by atoms with E-state index in [4.69, 9.17) is 28.7 Å². The summed E-state index contributed by atoms with van der Waals surface area (Å²) < 4.78 is 36.1. The summed E-state index contributed by atoms with van der Waals surface area (Å²) >= 11 is 0. The van der Waals surface area contributed by atoms with E-state index < -0.39 is 31.9 Å². The zero-order valence-corrected chi connectivity index (χ0v) is 18.2. The third-order valence-corrected chi connectivity index (χ3v) is 5.67. The summed E-state index contributed by atoms with van der Waals surface area (Å²) in [5.41, 5.74) is 1.65. The first-order chi connectivity index (χ1) is 14.0. The molecule has 2 fully saturated rings. The molecule has 4 heterocycles. The fraction of sp³-hybridized carbons (Fsp3) is 0.722. The van der Waals surface area contributed by atoms with E-state index in [0.717, 1.165) is 11.1 Å². The lowest BCUT2D eigenvalue weighted by Gasteiger charge is -2.24. The monoisotopic (exact) mass is 442 g/mol. The maximum absolute atomic E-state index is 11.1. The van der Waals surface area contributed by atoms with Crippen LogP contribution in [0.5, 0.6) is 0 Å². The van der Waals surface area contributed by atoms with Crippen LogP contribution in [-0.4, -0.2) is 72.7 Å². The van der Waals surface area contributed by atoms with E-state index in [9.17, 15) is 4.57 Å². The third kappa shape index (κ3) is 4.43. The third-order valence-electron chi connectivity index (χ3n) is 5.15. The highest BCUT2D eigenvalue weighted by Crippen LogP contribution is 2.40. The van der Waals surface area contributed by atoms with Gasteiger partial charge in [0.1, 0.15) is 37.1 Å². The molecule has 0 amide bonds. The maximum Gasteiger partial charge on any atom is 0.350 e. The minimum atomic E-state index is -4.26. The standard InChI is InChI=1S/C18H27N4O7P/c1-10(2)14-11-5-21-22(17(11)20-8-19-14)6-12-15-16(29-18(3,4)28-15)13(27-12)7-26-9-30(23,24)25/h5,8,10,12-13,15-16H,6-7,9H2,1-4H3,(H2,23,24,25)/t12-,13?,15?,16?/m1/s1. The molecule has 0 radical (unpaired) electrons. The van der Waals surface area contributed by atoms with E-state index >= 15 is 0 Å². The Hall–Kier alpha value is -1.46. The predicted octanol–water partition coefficient (Wildman–Crippen LogP) is 1.39. The number of ether oxygens (including phenoxy) is 4. The summed E-state index contributed by atoms with van der Waals surface area (Å²) in [4.78, 5) is 26.8. The first-order valence-corrected chi connectivity index (χ1v) is 11.6. The number of nitrogens with zero attached hydrogens (tertiary/aromatic N) is 4. The van der Waals surface area contributed by atoms with Gasteiger partial charge < -0.3 is 28.7 Å². The van der Waals surface area contributed by atoms with Crippen LogP contribution in [0.15, 0.2) is 12.5 Å². The normalized spacial score (nSPS) is 28.5. The molecule has 0 aromatic carbocycles. The summed E-state index contributed by atoms with van der Waals surface area (Å²) in [6.45, 7) is 8.15. The molecule has 2 N–H and O–H groups in total. The molecule has 166 valence electrons. The van der Waals surface area contributed by atoms with Crippen molar-refractivity contribution in [2.75, 3.05) is 13.0 Å². The van der Waals surface area contributed by atoms with Crippen LogP contribution in [0, 0.1) is 0 Å². The highest BCUT2D eigenvalue weighted by molar-refractivity contribution is 7.51. The fourth-order valence-electron chi connectivity index (χ4n) is 4.02. The lowest BCUT2D eigenvalue weighted by molar-refractivity contribution is -0.192. The van der Waals surface area contributed by atoms with Gasteiger partial charge in [-0.15, -0.1) is 0 Å². The van der Waals surface area contributed by atoms with Crippen LogP contribution in [0.4, 0.5) is 0 Å². The lowest BCUT2D eigenvalue weighted by atomic mass is 10.1. The Labute approximate surface area is 173 Å². The molecule has 4 rings (SSSR count). The van der Waals surface area contributed by atoms with Crippen molar-refractivity contribution in [1.82, 2.24) is 19.7 Å². The molecule has 12 heteroatoms. The van der Waals surface area contributed by atoms with Gasteiger partial charge in [0, 0.05) is 0 Å². The summed E-state index contributed by atoms with van der Waals surface area (Å²) in [5, 5.41) is 5.37. The molecule has 3 unspecified atom stereocenters. The number of aromatic nitrogens is 4. The van der Waals surface area contributed by atoms with Crippen LogP contribution in [0.3, 0.4) is 0 Å². The van der Waals surface area contributed by atoms with Gasteiger partial charge in [-0.05, 0) is 19.8 Å². The molecule has 4 atom stereocenters. The van der Waals surface area contributed by atoms with Crippen molar-refractivity contribution in [3.8, 4) is 0 Å². The molecule has 30 heavy (non-hydrogen) atoms. The van der Waals surface area contributed by atoms with Gasteiger partial charge >= 0.3 is 7.60 Å². The fourth-order valence-corrected chi connectivity index (χ4v) is 4.36. The second kappa shape index (κ2) is 7.90. The highest BCUT2D eigenvalue weighted by atomic mass is 31.2. The molecular formula is C18H27N4O7P. The average molecular weight is 442 g/mol. The van der Waals surface area contributed by atoms with Gasteiger partial charge in [0.25, 0.3) is 0 Å². The van der Waals surface area contributed by atoms with E-state index in [2.05, 4.69) is 28.9 Å². The van der Waals surface area contributed by atoms with Gasteiger partial charge in [-0.2, -0.15) is 5.10 Å². The second-order valence-electron chi connectivity index (χ2n) is 8.42. The van der Waals surface area contributed by atoms with E-state index in [-0.39, 0.29) is 24.7 Å². The predicted molar refractivity (Wildman–Crippen MR) is 105 cm³/mol. The van der Waals surface area contributed by atoms with Gasteiger partial charge in [-0.3, -0.25) is 4.57 Å². The van der Waals surface area contributed by atoms with Crippen molar-refractivity contribution in [2.24, 2.45) is 0 Å². The van der Waals surface area contributed by atoms with Gasteiger partial charge in [0.2, 0.25) is 0 Å². The van der Waals surface area contributed by atoms with Gasteiger partial charge in [0.15, 0.2) is 11.4 Å². The summed E-state index contributed by atoms with van der Waals surface area (Å²) in [6.07, 6.45) is 0.937. The Bertz CT molecular complexity index is 959. The van der Waals surface area contributed by atoms with Gasteiger partial charge in [0.05, 0.1) is 30.4 Å². The van der Waals surface area contributed by atoms with Crippen molar-refractivity contribution in [1.29, 1.82) is 0 Å². The Kier molecular flexibility index (Phi) is 5.73. The van der Waals surface area contributed by atoms with E-state index in [1.54, 1.807) is 10.9 Å². The van der Waals surface area contributed by atoms with Gasteiger partial charge in [-0.1, -0.05) is 13.8 Å². The number of hydrogen-bond donors (Lipinski definition) is 2. The van der Waals surface area contributed by atoms with E-state index in [0.29, 0.717) is 12.2 Å². The molecule has 0 aliphatic carbocycles. The number of fused-ring (bicyclic) bond motifs is 2. The quantitative estimate of drug-likeness (QED) is 0.605. The molecule has 2 aliphatic heterocycles. The molecule has 11 nitrogen and oxygen atoms in total. The average Bonchev–Trinajstić information content (AvgIpc) is 3.27. The smallest absolute Gasteiger partial charge is 0.350 e. The van der Waals surface area contributed by atoms with Crippen molar-refractivity contribution in [2.45, 2.75) is 70.4 Å². The Balaban J connectivity index is 1.53. The first-order valence-electron chi connectivity index (χ1n) is 9.84. The van der Waals surface area contributed by atoms with Crippen molar-refractivity contribution in [3.05, 3.63) is 18.2 Å². The summed E-state index contributed by atoms with van der Waals surface area (Å²) in [5.74, 6) is -0.555. The van der Waals surface area contributed by atoms with Crippen LogP contribution < -0.4 is 0 Å². The minimum absolute atomic E-state index is 0.0122. The summed E-state index contributed by atoms with van der Waals surface area (Å²) in [7, 11) is -4.26. The SMILES string of the molecule is CC(C)c1ncnc2c1cnn2C[C@H]1OC(COCP(=O)(O)O)C2OC(C)(C)OC21. The van der Waals surface area contributed by atoms with Crippen molar-refractivity contribution < 1.29 is 33.3 Å². The number of hydrogen-bond acceptors (Lipinski definition) is 8. The van der Waals surface area contributed by atoms with Crippen LogP contribution in [0.25, 0.3) is 11.0 Å². The Morgan fingerprint density at radius 3 is 2.60 bits per heavy atom. The molecule has 2 saturated heterocycles. The molecule has 0 saturated carbocycles. The first kappa shape index (κ1) is 21.8. The van der Waals surface area contributed by atoms with Crippen LogP contribution in [-0.2, 0) is 30.1 Å². The molecule has 2 aromatic rings. The highest BCUT2D eigenvalue weighted by Gasteiger charge is 2.55. The summed E-state index contributed by atoms with van der Waals surface area (Å²) in [6, 6.07) is 0.